The molecule has 0 fully saturated rings. The number of aryl methyl sites for hydroxylation is 1. The molecule has 3 N–H and O–H groups in total. The van der Waals surface area contributed by atoms with Crippen molar-refractivity contribution in [2.45, 2.75) is 18.5 Å². The van der Waals surface area contributed by atoms with Crippen LogP contribution in [0, 0.1) is 12.7 Å². The third-order valence-corrected chi connectivity index (χ3v) is 4.82. The second-order valence-corrected chi connectivity index (χ2v) is 7.05. The normalized spacial score (nSPS) is 10.6. The van der Waals surface area contributed by atoms with Gasteiger partial charge in [-0.1, -0.05) is 41.6 Å². The lowest BCUT2D eigenvalue weighted by Gasteiger charge is -2.08. The fourth-order valence-electron chi connectivity index (χ4n) is 2.39. The third kappa shape index (κ3) is 4.95. The smallest absolute Gasteiger partial charge is 0.294 e. The second kappa shape index (κ2) is 8.66. The van der Waals surface area contributed by atoms with Crippen molar-refractivity contribution >= 4 is 23.4 Å². The zero-order valence-corrected chi connectivity index (χ0v) is 15.9. The number of nitrogen functional groups attached to an aromatic ring is 1. The van der Waals surface area contributed by atoms with Crippen molar-refractivity contribution in [2.24, 2.45) is 0 Å². The van der Waals surface area contributed by atoms with Gasteiger partial charge in [0.15, 0.2) is 0 Å². The van der Waals surface area contributed by atoms with Crippen LogP contribution in [0.3, 0.4) is 0 Å². The summed E-state index contributed by atoms with van der Waals surface area (Å²) in [5, 5.41) is 10.7. The highest BCUT2D eigenvalue weighted by molar-refractivity contribution is 7.99. The number of carbonyl (C=O) groups is 1. The van der Waals surface area contributed by atoms with Crippen molar-refractivity contribution < 1.29 is 9.18 Å². The Morgan fingerprint density at radius 2 is 1.82 bits per heavy atom. The predicted molar refractivity (Wildman–Crippen MR) is 106 cm³/mol. The van der Waals surface area contributed by atoms with E-state index < -0.39 is 5.56 Å². The van der Waals surface area contributed by atoms with E-state index in [0.29, 0.717) is 11.3 Å². The second-order valence-electron chi connectivity index (χ2n) is 6.11. The van der Waals surface area contributed by atoms with E-state index in [-0.39, 0.29) is 34.7 Å². The SMILES string of the molecule is Cc1ccc(NC(=O)CSc2nnc(Cc3ccc(F)cc3)c(=O)n2N)cc1. The van der Waals surface area contributed by atoms with Crippen molar-refractivity contribution in [3.8, 4) is 0 Å². The Bertz CT molecular complexity index is 1040. The highest BCUT2D eigenvalue weighted by atomic mass is 32.2. The fraction of sp³-hybridized carbons (Fsp3) is 0.158. The van der Waals surface area contributed by atoms with Crippen molar-refractivity contribution in [3.05, 3.63) is 81.5 Å². The number of nitrogens with zero attached hydrogens (tertiary/aromatic N) is 3. The number of benzene rings is 2. The first-order valence-electron chi connectivity index (χ1n) is 8.40. The van der Waals surface area contributed by atoms with E-state index in [9.17, 15) is 14.0 Å². The maximum absolute atomic E-state index is 13.0. The predicted octanol–water partition coefficient (Wildman–Crippen LogP) is 2.12. The number of amides is 1. The molecule has 28 heavy (non-hydrogen) atoms. The molecule has 0 atom stereocenters. The van der Waals surface area contributed by atoms with Gasteiger partial charge < -0.3 is 11.2 Å². The van der Waals surface area contributed by atoms with Gasteiger partial charge in [-0.2, -0.15) is 4.68 Å². The third-order valence-electron chi connectivity index (χ3n) is 3.88. The van der Waals surface area contributed by atoms with Gasteiger partial charge in [0, 0.05) is 12.1 Å². The molecule has 0 saturated carbocycles. The number of hydrogen-bond acceptors (Lipinski definition) is 6. The number of halogens is 1. The molecule has 0 unspecified atom stereocenters. The number of carbonyl (C=O) groups excluding carboxylic acids is 1. The molecule has 0 aliphatic rings. The summed E-state index contributed by atoms with van der Waals surface area (Å²) < 4.78 is 13.8. The van der Waals surface area contributed by atoms with E-state index in [1.165, 1.54) is 12.1 Å². The molecule has 0 spiro atoms. The average Bonchev–Trinajstić information content (AvgIpc) is 2.68. The Labute approximate surface area is 164 Å². The van der Waals surface area contributed by atoms with Crippen LogP contribution < -0.4 is 16.7 Å². The van der Waals surface area contributed by atoms with Crippen LogP contribution in [0.25, 0.3) is 0 Å². The number of nitrogens with two attached hydrogens (primary N) is 1. The molecule has 1 aromatic heterocycles. The molecule has 9 heteroatoms. The van der Waals surface area contributed by atoms with Gasteiger partial charge in [0.05, 0.1) is 5.75 Å². The molecule has 3 aromatic rings. The summed E-state index contributed by atoms with van der Waals surface area (Å²) in [6.07, 6.45) is 0.183. The molecule has 1 amide bonds. The Morgan fingerprint density at radius 3 is 2.50 bits per heavy atom. The largest absolute Gasteiger partial charge is 0.334 e. The summed E-state index contributed by atoms with van der Waals surface area (Å²) in [6, 6.07) is 13.1. The van der Waals surface area contributed by atoms with E-state index in [0.717, 1.165) is 22.0 Å². The molecule has 0 saturated heterocycles. The number of anilines is 1. The minimum atomic E-state index is -0.513. The molecule has 144 valence electrons. The summed E-state index contributed by atoms with van der Waals surface area (Å²) in [5.41, 5.74) is 2.12. The average molecular weight is 399 g/mol. The summed E-state index contributed by atoms with van der Waals surface area (Å²) >= 11 is 1.01. The topological polar surface area (TPSA) is 103 Å². The molecule has 0 bridgehead atoms. The first-order chi connectivity index (χ1) is 13.4. The van der Waals surface area contributed by atoms with Gasteiger partial charge >= 0.3 is 0 Å². The lowest BCUT2D eigenvalue weighted by Crippen LogP contribution is -2.34. The number of rotatable bonds is 6. The van der Waals surface area contributed by atoms with Crippen LogP contribution in [0.1, 0.15) is 16.8 Å². The maximum Gasteiger partial charge on any atom is 0.294 e. The zero-order valence-electron chi connectivity index (χ0n) is 15.1. The number of hydrogen-bond donors (Lipinski definition) is 2. The standard InChI is InChI=1S/C19H18FN5O2S/c1-12-2-8-15(9-3-12)22-17(26)11-28-19-24-23-16(18(27)25(19)21)10-13-4-6-14(20)7-5-13/h2-9H,10-11,21H2,1H3,(H,22,26). The molecular formula is C19H18FN5O2S. The van der Waals surface area contributed by atoms with E-state index in [1.807, 2.05) is 19.1 Å². The van der Waals surface area contributed by atoms with Gasteiger partial charge in [-0.05, 0) is 36.8 Å². The molecule has 7 nitrogen and oxygen atoms in total. The quantitative estimate of drug-likeness (QED) is 0.486. The molecule has 0 aliphatic heterocycles. The maximum atomic E-state index is 13.0. The Morgan fingerprint density at radius 1 is 1.14 bits per heavy atom. The molecule has 0 radical (unpaired) electrons. The molecular weight excluding hydrogens is 381 g/mol. The van der Waals surface area contributed by atoms with E-state index >= 15 is 0 Å². The summed E-state index contributed by atoms with van der Waals surface area (Å²) in [6.45, 7) is 1.96. The highest BCUT2D eigenvalue weighted by Crippen LogP contribution is 2.14. The van der Waals surface area contributed by atoms with Gasteiger partial charge in [0.2, 0.25) is 11.1 Å². The van der Waals surface area contributed by atoms with Crippen molar-refractivity contribution in [1.82, 2.24) is 14.9 Å². The fourth-order valence-corrected chi connectivity index (χ4v) is 3.04. The lowest BCUT2D eigenvalue weighted by molar-refractivity contribution is -0.113. The highest BCUT2D eigenvalue weighted by Gasteiger charge is 2.13. The van der Waals surface area contributed by atoms with E-state index in [2.05, 4.69) is 15.5 Å². The first kappa shape index (κ1) is 19.6. The van der Waals surface area contributed by atoms with Crippen LogP contribution in [-0.4, -0.2) is 26.5 Å². The van der Waals surface area contributed by atoms with Gasteiger partial charge in [-0.15, -0.1) is 10.2 Å². The van der Waals surface area contributed by atoms with Crippen LogP contribution in [0.5, 0.6) is 0 Å². The minimum absolute atomic E-state index is 0.0243. The van der Waals surface area contributed by atoms with E-state index in [1.54, 1.807) is 24.3 Å². The van der Waals surface area contributed by atoms with Crippen LogP contribution >= 0.6 is 11.8 Å². The molecule has 0 aliphatic carbocycles. The lowest BCUT2D eigenvalue weighted by atomic mass is 10.1. The van der Waals surface area contributed by atoms with Crippen molar-refractivity contribution in [2.75, 3.05) is 16.9 Å². The van der Waals surface area contributed by atoms with Crippen LogP contribution in [0.2, 0.25) is 0 Å². The summed E-state index contributed by atoms with van der Waals surface area (Å²) in [5.74, 6) is 5.22. The van der Waals surface area contributed by atoms with E-state index in [4.69, 9.17) is 5.84 Å². The van der Waals surface area contributed by atoms with Gasteiger partial charge in [0.25, 0.3) is 5.56 Å². The summed E-state index contributed by atoms with van der Waals surface area (Å²) in [4.78, 5) is 24.4. The van der Waals surface area contributed by atoms with Crippen LogP contribution in [0.4, 0.5) is 10.1 Å². The first-order valence-corrected chi connectivity index (χ1v) is 9.38. The molecule has 1 heterocycles. The Balaban J connectivity index is 1.63. The van der Waals surface area contributed by atoms with Crippen molar-refractivity contribution in [1.29, 1.82) is 0 Å². The number of nitrogens with one attached hydrogen (secondary N) is 1. The monoisotopic (exact) mass is 399 g/mol. The van der Waals surface area contributed by atoms with Crippen LogP contribution in [0.15, 0.2) is 58.5 Å². The minimum Gasteiger partial charge on any atom is -0.334 e. The van der Waals surface area contributed by atoms with Gasteiger partial charge in [0.1, 0.15) is 11.5 Å². The molecule has 2 aromatic carbocycles. The van der Waals surface area contributed by atoms with Gasteiger partial charge in [-0.25, -0.2) is 4.39 Å². The molecule has 3 rings (SSSR count). The van der Waals surface area contributed by atoms with Crippen LogP contribution in [-0.2, 0) is 11.2 Å². The number of aromatic nitrogens is 3. The Hall–Kier alpha value is -3.20. The summed E-state index contributed by atoms with van der Waals surface area (Å²) in [7, 11) is 0. The van der Waals surface area contributed by atoms with Gasteiger partial charge in [-0.3, -0.25) is 9.59 Å². The Kier molecular flexibility index (Phi) is 6.05. The zero-order chi connectivity index (χ0) is 20.1. The van der Waals surface area contributed by atoms with Crippen molar-refractivity contribution in [3.63, 3.8) is 0 Å². The number of thioether (sulfide) groups is 1.